The Balaban J connectivity index is 1.29. The van der Waals surface area contributed by atoms with E-state index >= 15 is 0 Å². The van der Waals surface area contributed by atoms with Crippen LogP contribution in [0.2, 0.25) is 0 Å². The van der Waals surface area contributed by atoms with E-state index in [9.17, 15) is 5.11 Å². The van der Waals surface area contributed by atoms with Crippen LogP contribution in [0.4, 0.5) is 17.1 Å². The number of phenolic OH excluding ortho intramolecular Hbond substituents is 1. The third-order valence-electron chi connectivity index (χ3n) is 10.0. The van der Waals surface area contributed by atoms with Crippen LogP contribution in [0.3, 0.4) is 0 Å². The maximum Gasteiger partial charge on any atom is 0.131 e. The van der Waals surface area contributed by atoms with Gasteiger partial charge in [0, 0.05) is 27.7 Å². The Labute approximate surface area is 286 Å². The summed E-state index contributed by atoms with van der Waals surface area (Å²) in [5, 5.41) is 13.5. The average Bonchev–Trinajstić information content (AvgIpc) is 3.48. The lowest BCUT2D eigenvalue weighted by molar-refractivity contribution is 0.483. The molecule has 2 nitrogen and oxygen atoms in total. The van der Waals surface area contributed by atoms with Gasteiger partial charge in [-0.05, 0) is 75.3 Å². The minimum absolute atomic E-state index is 0.287. The van der Waals surface area contributed by atoms with Gasteiger partial charge in [-0.15, -0.1) is 0 Å². The molecule has 0 spiro atoms. The molecular formula is C47H33NO. The van der Waals surface area contributed by atoms with Gasteiger partial charge in [0.15, 0.2) is 0 Å². The van der Waals surface area contributed by atoms with Crippen LogP contribution in [0, 0.1) is 0 Å². The second kappa shape index (κ2) is 11.7. The monoisotopic (exact) mass is 627 g/mol. The van der Waals surface area contributed by atoms with E-state index in [1.54, 1.807) is 0 Å². The quantitative estimate of drug-likeness (QED) is 0.198. The van der Waals surface area contributed by atoms with Crippen LogP contribution in [0.5, 0.6) is 5.75 Å². The van der Waals surface area contributed by atoms with E-state index in [2.05, 4.69) is 150 Å². The van der Waals surface area contributed by atoms with Crippen molar-refractivity contribution in [3.8, 4) is 28.0 Å². The van der Waals surface area contributed by atoms with Crippen LogP contribution in [0.15, 0.2) is 194 Å². The third-order valence-corrected chi connectivity index (χ3v) is 10.0. The highest BCUT2D eigenvalue weighted by Crippen LogP contribution is 2.56. The molecule has 49 heavy (non-hydrogen) atoms. The highest BCUT2D eigenvalue weighted by Gasteiger charge is 2.46. The van der Waals surface area contributed by atoms with Gasteiger partial charge in [0.05, 0.1) is 11.1 Å². The summed E-state index contributed by atoms with van der Waals surface area (Å²) in [4.78, 5) is 2.32. The third kappa shape index (κ3) is 4.49. The molecule has 1 N–H and O–H groups in total. The second-order valence-corrected chi connectivity index (χ2v) is 12.6. The minimum atomic E-state index is -0.506. The zero-order valence-electron chi connectivity index (χ0n) is 26.9. The summed E-state index contributed by atoms with van der Waals surface area (Å²) in [6.45, 7) is 0. The molecule has 8 aromatic carbocycles. The van der Waals surface area contributed by atoms with Gasteiger partial charge in [-0.2, -0.15) is 0 Å². The number of fused-ring (bicyclic) bond motifs is 4. The number of nitrogens with zero attached hydrogens (tertiary/aromatic N) is 1. The molecule has 0 saturated heterocycles. The molecule has 2 heteroatoms. The number of rotatable bonds is 6. The summed E-state index contributed by atoms with van der Waals surface area (Å²) < 4.78 is 0. The molecule has 1 aliphatic carbocycles. The number of benzene rings is 8. The van der Waals surface area contributed by atoms with Crippen molar-refractivity contribution in [3.63, 3.8) is 0 Å². The molecule has 0 unspecified atom stereocenters. The Morgan fingerprint density at radius 2 is 0.939 bits per heavy atom. The summed E-state index contributed by atoms with van der Waals surface area (Å²) in [6.07, 6.45) is 0. The minimum Gasteiger partial charge on any atom is -0.507 e. The topological polar surface area (TPSA) is 23.5 Å². The predicted molar refractivity (Wildman–Crippen MR) is 203 cm³/mol. The molecule has 0 bridgehead atoms. The van der Waals surface area contributed by atoms with E-state index in [1.165, 1.54) is 33.4 Å². The van der Waals surface area contributed by atoms with E-state index in [0.717, 1.165) is 39.0 Å². The smallest absolute Gasteiger partial charge is 0.131 e. The van der Waals surface area contributed by atoms with Crippen molar-refractivity contribution in [2.45, 2.75) is 5.41 Å². The molecule has 0 heterocycles. The molecule has 232 valence electrons. The fourth-order valence-electron chi connectivity index (χ4n) is 7.97. The highest BCUT2D eigenvalue weighted by molar-refractivity contribution is 6.04. The Kier molecular flexibility index (Phi) is 6.88. The lowest BCUT2D eigenvalue weighted by Gasteiger charge is -2.35. The summed E-state index contributed by atoms with van der Waals surface area (Å²) in [5.74, 6) is 0.287. The van der Waals surface area contributed by atoms with Crippen molar-refractivity contribution in [1.29, 1.82) is 0 Å². The van der Waals surface area contributed by atoms with Gasteiger partial charge < -0.3 is 10.0 Å². The van der Waals surface area contributed by atoms with Crippen molar-refractivity contribution in [2.75, 3.05) is 4.90 Å². The van der Waals surface area contributed by atoms with E-state index < -0.39 is 5.41 Å². The van der Waals surface area contributed by atoms with Crippen molar-refractivity contribution >= 4 is 27.8 Å². The first-order chi connectivity index (χ1) is 24.2. The summed E-state index contributed by atoms with van der Waals surface area (Å²) in [6, 6.07) is 68.6. The molecule has 0 radical (unpaired) electrons. The predicted octanol–water partition coefficient (Wildman–Crippen LogP) is 12.0. The molecule has 0 amide bonds. The molecule has 9 rings (SSSR count). The van der Waals surface area contributed by atoms with Crippen molar-refractivity contribution in [1.82, 2.24) is 0 Å². The Bertz CT molecular complexity index is 2410. The lowest BCUT2D eigenvalue weighted by atomic mass is 9.67. The van der Waals surface area contributed by atoms with Crippen LogP contribution in [0.1, 0.15) is 22.3 Å². The molecule has 8 aromatic rings. The van der Waals surface area contributed by atoms with Crippen molar-refractivity contribution in [3.05, 3.63) is 216 Å². The normalized spacial score (nSPS) is 12.7. The molecule has 0 fully saturated rings. The first-order valence-corrected chi connectivity index (χ1v) is 16.8. The first-order valence-electron chi connectivity index (χ1n) is 16.8. The average molecular weight is 628 g/mol. The van der Waals surface area contributed by atoms with Gasteiger partial charge in [-0.1, -0.05) is 158 Å². The zero-order chi connectivity index (χ0) is 32.8. The van der Waals surface area contributed by atoms with Crippen LogP contribution < -0.4 is 4.90 Å². The number of anilines is 3. The summed E-state index contributed by atoms with van der Waals surface area (Å²) in [7, 11) is 0. The molecule has 1 aliphatic rings. The van der Waals surface area contributed by atoms with E-state index in [0.29, 0.717) is 0 Å². The van der Waals surface area contributed by atoms with Crippen molar-refractivity contribution in [2.24, 2.45) is 0 Å². The Hall–Kier alpha value is -6.38. The first kappa shape index (κ1) is 28.8. The van der Waals surface area contributed by atoms with Gasteiger partial charge in [0.25, 0.3) is 0 Å². The van der Waals surface area contributed by atoms with Crippen LogP contribution in [-0.2, 0) is 5.41 Å². The van der Waals surface area contributed by atoms with Crippen LogP contribution in [-0.4, -0.2) is 5.11 Å². The second-order valence-electron chi connectivity index (χ2n) is 12.6. The molecule has 0 aliphatic heterocycles. The SMILES string of the molecule is Oc1c(-c2ccccc2)ccc2c(N(c3ccccc3)c3cccc(C4(c5ccccc5)c5ccccc5-c5ccccc54)c3)cccc12. The van der Waals surface area contributed by atoms with Gasteiger partial charge in [0.2, 0.25) is 0 Å². The Morgan fingerprint density at radius 3 is 1.63 bits per heavy atom. The summed E-state index contributed by atoms with van der Waals surface area (Å²) >= 11 is 0. The van der Waals surface area contributed by atoms with Crippen LogP contribution in [0.25, 0.3) is 33.0 Å². The van der Waals surface area contributed by atoms with Gasteiger partial charge in [-0.3, -0.25) is 0 Å². The lowest BCUT2D eigenvalue weighted by Crippen LogP contribution is -2.28. The maximum atomic E-state index is 11.7. The number of para-hydroxylation sites is 1. The maximum absolute atomic E-state index is 11.7. The highest BCUT2D eigenvalue weighted by atomic mass is 16.3. The molecule has 0 aromatic heterocycles. The van der Waals surface area contributed by atoms with Gasteiger partial charge >= 0.3 is 0 Å². The fraction of sp³-hybridized carbons (Fsp3) is 0.0213. The molecule has 0 atom stereocenters. The molecule has 0 saturated carbocycles. The van der Waals surface area contributed by atoms with E-state index in [-0.39, 0.29) is 5.75 Å². The van der Waals surface area contributed by atoms with Crippen LogP contribution >= 0.6 is 0 Å². The number of hydrogen-bond acceptors (Lipinski definition) is 2. The number of hydrogen-bond donors (Lipinski definition) is 1. The van der Waals surface area contributed by atoms with Crippen molar-refractivity contribution < 1.29 is 5.11 Å². The van der Waals surface area contributed by atoms with Gasteiger partial charge in [-0.25, -0.2) is 0 Å². The molecular weight excluding hydrogens is 595 g/mol. The summed E-state index contributed by atoms with van der Waals surface area (Å²) in [5.41, 5.74) is 11.9. The van der Waals surface area contributed by atoms with Gasteiger partial charge in [0.1, 0.15) is 5.75 Å². The number of aromatic hydroxyl groups is 1. The standard InChI is InChI=1S/C47H33NO/c49-46-38(33-16-4-1-5-17-33)30-31-41-42(46)26-15-29-45(41)48(36-21-8-3-9-22-36)37-23-14-20-35(32-37)47(34-18-6-2-7-19-34)43-27-12-10-24-39(43)40-25-11-13-28-44(40)47/h1-32,49H. The van der Waals surface area contributed by atoms with E-state index in [4.69, 9.17) is 0 Å². The Morgan fingerprint density at radius 1 is 0.388 bits per heavy atom. The zero-order valence-corrected chi connectivity index (χ0v) is 26.9. The fourth-order valence-corrected chi connectivity index (χ4v) is 7.97. The largest absolute Gasteiger partial charge is 0.507 e. The number of phenols is 1. The van der Waals surface area contributed by atoms with E-state index in [1.807, 2.05) is 48.5 Å².